The first kappa shape index (κ1) is 22.2. The Balaban J connectivity index is 1.58. The third-order valence-electron chi connectivity index (χ3n) is 4.92. The molecule has 4 rings (SSSR count). The van der Waals surface area contributed by atoms with Crippen molar-refractivity contribution < 1.29 is 36.6 Å². The van der Waals surface area contributed by atoms with Crippen LogP contribution < -0.4 is 15.8 Å². The Labute approximate surface area is 177 Å². The minimum atomic E-state index is -3.56. The van der Waals surface area contributed by atoms with Crippen LogP contribution in [0.25, 0.3) is 0 Å². The van der Waals surface area contributed by atoms with Gasteiger partial charge in [0.05, 0.1) is 13.2 Å². The number of nitrogens with zero attached hydrogens (tertiary/aromatic N) is 1. The highest BCUT2D eigenvalue weighted by Gasteiger charge is 2.62. The average molecular weight is 480 g/mol. The molecule has 2 aromatic rings. The predicted molar refractivity (Wildman–Crippen MR) is 103 cm³/mol. The molecule has 1 unspecified atom stereocenters. The zero-order valence-corrected chi connectivity index (χ0v) is 17.2. The molecule has 31 heavy (non-hydrogen) atoms. The molecule has 0 bridgehead atoms. The van der Waals surface area contributed by atoms with Crippen LogP contribution in [0.5, 0.6) is 5.75 Å². The summed E-state index contributed by atoms with van der Waals surface area (Å²) in [6, 6.07) is 7.62. The Bertz CT molecular complexity index is 1140. The molecule has 9 nitrogen and oxygen atoms in total. The second kappa shape index (κ2) is 8.15. The van der Waals surface area contributed by atoms with Crippen LogP contribution in [0.3, 0.4) is 0 Å². The number of aromatic nitrogens is 2. The molecule has 2 aliphatic rings. The number of alkyl halides is 3. The number of aromatic amines is 1. The second-order valence-electron chi connectivity index (χ2n) is 6.86. The molecule has 0 radical (unpaired) electrons. The molecule has 1 aromatic heterocycles. The summed E-state index contributed by atoms with van der Waals surface area (Å²) >= 11 is 5.20. The molecule has 1 fully saturated rings. The van der Waals surface area contributed by atoms with Crippen LogP contribution in [-0.2, 0) is 32.2 Å². The van der Waals surface area contributed by atoms with Gasteiger partial charge in [-0.05, 0) is 6.07 Å². The van der Waals surface area contributed by atoms with Crippen molar-refractivity contribution in [3.63, 3.8) is 0 Å². The molecule has 168 valence electrons. The Morgan fingerprint density at radius 2 is 2.10 bits per heavy atom. The molecule has 0 saturated carbocycles. The van der Waals surface area contributed by atoms with E-state index in [0.29, 0.717) is 15.9 Å². The van der Waals surface area contributed by atoms with E-state index < -0.39 is 55.1 Å². The van der Waals surface area contributed by atoms with Crippen molar-refractivity contribution in [3.05, 3.63) is 62.9 Å². The van der Waals surface area contributed by atoms with E-state index in [1.807, 2.05) is 4.98 Å². The maximum Gasteiger partial charge on any atom is 0.381 e. The largest absolute Gasteiger partial charge is 0.424 e. The van der Waals surface area contributed by atoms with E-state index in [2.05, 4.69) is 0 Å². The monoisotopic (exact) mass is 480 g/mol. The SMILES string of the molecule is O=c1ccn([C@@H]2O[C@@](COP3(=S)OCc4ccccc4O3)(C(F)F)[C@H](O)[C@H]2F)c(=O)[nH]1. The molecule has 2 N–H and O–H groups in total. The second-order valence-corrected chi connectivity index (χ2v) is 9.80. The van der Waals surface area contributed by atoms with Crippen molar-refractivity contribution in [2.45, 2.75) is 37.1 Å². The lowest BCUT2D eigenvalue weighted by Crippen LogP contribution is -2.52. The zero-order chi connectivity index (χ0) is 22.4. The Hall–Kier alpha value is -2.02. The summed E-state index contributed by atoms with van der Waals surface area (Å²) in [7, 11) is 0. The van der Waals surface area contributed by atoms with Crippen LogP contribution in [0.1, 0.15) is 11.8 Å². The van der Waals surface area contributed by atoms with Crippen LogP contribution in [0.15, 0.2) is 46.1 Å². The fraction of sp³-hybridized carbons (Fsp3) is 0.412. The minimum Gasteiger partial charge on any atom is -0.424 e. The Morgan fingerprint density at radius 3 is 2.81 bits per heavy atom. The fourth-order valence-corrected chi connectivity index (χ4v) is 5.05. The Morgan fingerprint density at radius 1 is 1.35 bits per heavy atom. The maximum absolute atomic E-state index is 14.8. The molecule has 0 spiro atoms. The van der Waals surface area contributed by atoms with Gasteiger partial charge in [-0.2, -0.15) is 0 Å². The molecule has 14 heteroatoms. The Kier molecular flexibility index (Phi) is 5.83. The van der Waals surface area contributed by atoms with Gasteiger partial charge < -0.3 is 14.4 Å². The number of hydrogen-bond donors (Lipinski definition) is 2. The van der Waals surface area contributed by atoms with Crippen LogP contribution in [0.4, 0.5) is 13.2 Å². The first-order valence-electron chi connectivity index (χ1n) is 8.91. The van der Waals surface area contributed by atoms with E-state index in [0.717, 1.165) is 12.3 Å². The highest BCUT2D eigenvalue weighted by Crippen LogP contribution is 2.56. The number of ether oxygens (including phenoxy) is 1. The van der Waals surface area contributed by atoms with Crippen molar-refractivity contribution in [2.24, 2.45) is 0 Å². The van der Waals surface area contributed by atoms with Gasteiger partial charge in [-0.1, -0.05) is 18.2 Å². The molecule has 5 atom stereocenters. The number of rotatable bonds is 5. The van der Waals surface area contributed by atoms with Gasteiger partial charge in [-0.15, -0.1) is 0 Å². The summed E-state index contributed by atoms with van der Waals surface area (Å²) < 4.78 is 64.7. The summed E-state index contributed by atoms with van der Waals surface area (Å²) in [6.07, 6.45) is -9.31. The molecular formula is C17H16F3N2O7PS. The number of aliphatic hydroxyl groups is 1. The van der Waals surface area contributed by atoms with E-state index in [-0.39, 0.29) is 6.61 Å². The first-order chi connectivity index (χ1) is 14.7. The van der Waals surface area contributed by atoms with Gasteiger partial charge in [0.25, 0.3) is 12.0 Å². The van der Waals surface area contributed by atoms with E-state index >= 15 is 0 Å². The lowest BCUT2D eigenvalue weighted by molar-refractivity contribution is -0.193. The summed E-state index contributed by atoms with van der Waals surface area (Å²) in [5, 5.41) is 10.3. The molecular weight excluding hydrogens is 464 g/mol. The molecule has 1 aromatic carbocycles. The smallest absolute Gasteiger partial charge is 0.381 e. The van der Waals surface area contributed by atoms with E-state index in [9.17, 15) is 27.9 Å². The van der Waals surface area contributed by atoms with Gasteiger partial charge in [0.2, 0.25) is 0 Å². The molecule has 0 aliphatic carbocycles. The number of para-hydroxylation sites is 1. The van der Waals surface area contributed by atoms with Crippen LogP contribution in [-0.4, -0.2) is 45.6 Å². The number of hydrogen-bond acceptors (Lipinski definition) is 8. The predicted octanol–water partition coefficient (Wildman–Crippen LogP) is 1.62. The van der Waals surface area contributed by atoms with Crippen molar-refractivity contribution in [2.75, 3.05) is 6.61 Å². The lowest BCUT2D eigenvalue weighted by Gasteiger charge is -2.34. The highest BCUT2D eigenvalue weighted by molar-refractivity contribution is 8.07. The number of benzene rings is 1. The van der Waals surface area contributed by atoms with Gasteiger partial charge in [0.1, 0.15) is 11.9 Å². The van der Waals surface area contributed by atoms with Crippen LogP contribution in [0.2, 0.25) is 0 Å². The third kappa shape index (κ3) is 3.97. The topological polar surface area (TPSA) is 112 Å². The molecule has 0 amide bonds. The van der Waals surface area contributed by atoms with Gasteiger partial charge in [0.15, 0.2) is 18.0 Å². The number of fused-ring (bicyclic) bond motifs is 1. The van der Waals surface area contributed by atoms with Gasteiger partial charge in [0, 0.05) is 29.6 Å². The normalized spacial score (nSPS) is 32.6. The van der Waals surface area contributed by atoms with E-state index in [4.69, 9.17) is 30.1 Å². The fourth-order valence-electron chi connectivity index (χ4n) is 3.24. The van der Waals surface area contributed by atoms with Crippen LogP contribution >= 0.6 is 6.72 Å². The number of nitrogens with one attached hydrogen (secondary N) is 1. The zero-order valence-electron chi connectivity index (χ0n) is 15.5. The summed E-state index contributed by atoms with van der Waals surface area (Å²) in [5.74, 6) is 0.358. The van der Waals surface area contributed by atoms with Crippen LogP contribution in [0, 0.1) is 0 Å². The number of H-pyrrole nitrogens is 1. The standard InChI is InChI=1S/C17H16F3N2O7PS/c18-12-13(24)17(15(19)20,28-14(12)22-6-5-11(23)21-16(22)25)8-27-30(31)26-7-9-3-1-2-4-10(9)29-30/h1-6,12-15,24H,7-8H2,(H,21,23,25)/t12-,13-,14-,17-,30?/m1/s1. The van der Waals surface area contributed by atoms with Crippen molar-refractivity contribution in [1.29, 1.82) is 0 Å². The summed E-state index contributed by atoms with van der Waals surface area (Å²) in [5.41, 5.74) is -4.06. The minimum absolute atomic E-state index is 0.0136. The molecule has 1 saturated heterocycles. The van der Waals surface area contributed by atoms with Crippen molar-refractivity contribution >= 4 is 18.5 Å². The molecule has 2 aliphatic heterocycles. The highest BCUT2D eigenvalue weighted by atomic mass is 32.5. The van der Waals surface area contributed by atoms with E-state index in [1.165, 1.54) is 0 Å². The van der Waals surface area contributed by atoms with Gasteiger partial charge in [-0.25, -0.2) is 18.0 Å². The van der Waals surface area contributed by atoms with E-state index in [1.54, 1.807) is 24.3 Å². The van der Waals surface area contributed by atoms with Crippen molar-refractivity contribution in [1.82, 2.24) is 9.55 Å². The third-order valence-corrected chi connectivity index (χ3v) is 7.09. The van der Waals surface area contributed by atoms with Gasteiger partial charge in [-0.3, -0.25) is 23.4 Å². The summed E-state index contributed by atoms with van der Waals surface area (Å²) in [4.78, 5) is 25.0. The lowest BCUT2D eigenvalue weighted by atomic mass is 9.97. The summed E-state index contributed by atoms with van der Waals surface area (Å²) in [6.45, 7) is -4.62. The van der Waals surface area contributed by atoms with Crippen molar-refractivity contribution in [3.8, 4) is 5.75 Å². The average Bonchev–Trinajstić information content (AvgIpc) is 2.98. The number of aliphatic hydroxyl groups excluding tert-OH is 1. The van der Waals surface area contributed by atoms with Gasteiger partial charge >= 0.3 is 12.4 Å². The maximum atomic E-state index is 14.8. The molecule has 3 heterocycles. The number of halogens is 3. The first-order valence-corrected chi connectivity index (χ1v) is 11.5. The quantitative estimate of drug-likeness (QED) is 0.622.